The van der Waals surface area contributed by atoms with Crippen molar-refractivity contribution in [3.05, 3.63) is 48.5 Å². The van der Waals surface area contributed by atoms with Crippen LogP contribution in [0.1, 0.15) is 6.42 Å². The van der Waals surface area contributed by atoms with Gasteiger partial charge >= 0.3 is 0 Å². The average Bonchev–Trinajstić information content (AvgIpc) is 2.74. The summed E-state index contributed by atoms with van der Waals surface area (Å²) in [5.41, 5.74) is 1.36. The van der Waals surface area contributed by atoms with E-state index in [2.05, 4.69) is 5.32 Å². The Morgan fingerprint density at radius 1 is 1.10 bits per heavy atom. The number of carbonyl (C=O) groups excluding carboxylic acids is 2. The Morgan fingerprint density at radius 2 is 1.66 bits per heavy atom. The number of amides is 2. The molecule has 3 rings (SSSR count). The van der Waals surface area contributed by atoms with Gasteiger partial charge in [0.1, 0.15) is 17.2 Å². The maximum atomic E-state index is 12.9. The third-order valence-electron chi connectivity index (χ3n) is 4.23. The van der Waals surface area contributed by atoms with Crippen molar-refractivity contribution in [2.45, 2.75) is 17.5 Å². The second kappa shape index (κ2) is 8.47. The quantitative estimate of drug-likeness (QED) is 0.464. The Bertz CT molecular complexity index is 991. The zero-order valence-corrected chi connectivity index (χ0v) is 16.2. The minimum absolute atomic E-state index is 0.0912. The Morgan fingerprint density at radius 3 is 2.21 bits per heavy atom. The van der Waals surface area contributed by atoms with Crippen LogP contribution in [0.5, 0.6) is 17.2 Å². The van der Waals surface area contributed by atoms with Crippen LogP contribution in [0, 0.1) is 0 Å². The fourth-order valence-corrected chi connectivity index (χ4v) is 4.26. The molecule has 1 saturated heterocycles. The molecule has 1 heterocycles. The van der Waals surface area contributed by atoms with Crippen LogP contribution in [0.2, 0.25) is 0 Å². The summed E-state index contributed by atoms with van der Waals surface area (Å²) >= 11 is 0. The minimum atomic E-state index is -4.11. The molecule has 0 unspecified atom stereocenters. The van der Waals surface area contributed by atoms with Gasteiger partial charge in [-0.1, -0.05) is 0 Å². The fourth-order valence-electron chi connectivity index (χ4n) is 2.75. The summed E-state index contributed by atoms with van der Waals surface area (Å²) in [5, 5.41) is 11.1. The molecule has 2 amide bonds. The third kappa shape index (κ3) is 4.47. The van der Waals surface area contributed by atoms with Gasteiger partial charge in [0.05, 0.1) is 12.0 Å². The number of carbonyl (C=O) groups is 2. The molecule has 11 heteroatoms. The van der Waals surface area contributed by atoms with Crippen molar-refractivity contribution >= 4 is 21.8 Å². The Balaban J connectivity index is 1.79. The molecule has 0 aliphatic carbocycles. The molecule has 0 saturated carbocycles. The van der Waals surface area contributed by atoms with Crippen molar-refractivity contribution in [1.29, 1.82) is 0 Å². The first kappa shape index (κ1) is 20.6. The Kier molecular flexibility index (Phi) is 6.01. The van der Waals surface area contributed by atoms with Crippen LogP contribution in [0.4, 0.5) is 0 Å². The van der Waals surface area contributed by atoms with Gasteiger partial charge in [-0.3, -0.25) is 14.8 Å². The molecule has 10 nitrogen and oxygen atoms in total. The van der Waals surface area contributed by atoms with Crippen molar-refractivity contribution in [2.75, 3.05) is 13.7 Å². The topological polar surface area (TPSA) is 134 Å². The van der Waals surface area contributed by atoms with Crippen molar-refractivity contribution in [3.8, 4) is 17.2 Å². The highest BCUT2D eigenvalue weighted by Crippen LogP contribution is 2.27. The molecule has 0 aromatic heterocycles. The summed E-state index contributed by atoms with van der Waals surface area (Å²) in [4.78, 5) is 23.2. The molecule has 154 valence electrons. The third-order valence-corrected chi connectivity index (χ3v) is 6.11. The van der Waals surface area contributed by atoms with E-state index in [1.54, 1.807) is 31.4 Å². The number of rotatable bonds is 6. The van der Waals surface area contributed by atoms with Crippen molar-refractivity contribution in [1.82, 2.24) is 15.1 Å². The first-order valence-electron chi connectivity index (χ1n) is 8.52. The van der Waals surface area contributed by atoms with Gasteiger partial charge in [-0.2, -0.15) is 4.31 Å². The first-order valence-corrected chi connectivity index (χ1v) is 9.96. The molecule has 1 fully saturated rings. The van der Waals surface area contributed by atoms with Crippen molar-refractivity contribution in [2.24, 2.45) is 0 Å². The molecule has 29 heavy (non-hydrogen) atoms. The van der Waals surface area contributed by atoms with Gasteiger partial charge in [-0.25, -0.2) is 13.9 Å². The lowest BCUT2D eigenvalue weighted by Gasteiger charge is -2.33. The highest BCUT2D eigenvalue weighted by atomic mass is 32.2. The number of hydrogen-bond acceptors (Lipinski definition) is 7. The molecule has 2 aromatic rings. The van der Waals surface area contributed by atoms with Gasteiger partial charge in [-0.05, 0) is 48.5 Å². The van der Waals surface area contributed by atoms with Gasteiger partial charge in [0.2, 0.25) is 15.9 Å². The molecule has 3 N–H and O–H groups in total. The number of benzene rings is 2. The largest absolute Gasteiger partial charge is 0.497 e. The molecule has 2 aromatic carbocycles. The molecule has 0 radical (unpaired) electrons. The maximum Gasteiger partial charge on any atom is 0.282 e. The molecule has 0 spiro atoms. The molecule has 1 aliphatic heterocycles. The maximum absolute atomic E-state index is 12.9. The summed E-state index contributed by atoms with van der Waals surface area (Å²) in [5.74, 6) is 0.0776. The number of nitrogens with zero attached hydrogens (tertiary/aromatic N) is 1. The van der Waals surface area contributed by atoms with E-state index >= 15 is 0 Å². The second-order valence-electron chi connectivity index (χ2n) is 6.06. The smallest absolute Gasteiger partial charge is 0.282 e. The predicted octanol–water partition coefficient (Wildman–Crippen LogP) is 0.830. The lowest BCUT2D eigenvalue weighted by atomic mass is 10.3. The number of hydroxylamine groups is 1. The highest BCUT2D eigenvalue weighted by Gasteiger charge is 2.40. The van der Waals surface area contributed by atoms with E-state index < -0.39 is 28.0 Å². The lowest BCUT2D eigenvalue weighted by Crippen LogP contribution is -2.61. The van der Waals surface area contributed by atoms with E-state index in [1.165, 1.54) is 29.7 Å². The number of hydrogen-bond donors (Lipinski definition) is 3. The molecular formula is C18H19N3O7S. The summed E-state index contributed by atoms with van der Waals surface area (Å²) < 4.78 is 37.4. The molecule has 0 bridgehead atoms. The van der Waals surface area contributed by atoms with Crippen LogP contribution >= 0.6 is 0 Å². The van der Waals surface area contributed by atoms with Crippen LogP contribution in [0.25, 0.3) is 0 Å². The fraction of sp³-hybridized carbons (Fsp3) is 0.222. The van der Waals surface area contributed by atoms with Gasteiger partial charge in [-0.15, -0.1) is 0 Å². The van der Waals surface area contributed by atoms with E-state index in [0.717, 1.165) is 4.31 Å². The predicted molar refractivity (Wildman–Crippen MR) is 99.9 cm³/mol. The van der Waals surface area contributed by atoms with E-state index in [1.807, 2.05) is 0 Å². The van der Waals surface area contributed by atoms with Gasteiger partial charge in [0, 0.05) is 13.0 Å². The number of sulfonamides is 1. The molecule has 1 aliphatic rings. The van der Waals surface area contributed by atoms with Crippen LogP contribution < -0.4 is 20.3 Å². The SMILES string of the molecule is COc1ccc(Oc2ccc(S(=O)(=O)N3CCC(=O)N[C@H]3C(=O)NO)cc2)cc1. The summed E-state index contributed by atoms with van der Waals surface area (Å²) in [6, 6.07) is 12.5. The number of ether oxygens (including phenoxy) is 2. The molecular weight excluding hydrogens is 402 g/mol. The second-order valence-corrected chi connectivity index (χ2v) is 7.95. The minimum Gasteiger partial charge on any atom is -0.497 e. The number of nitrogens with one attached hydrogen (secondary N) is 2. The summed E-state index contributed by atoms with van der Waals surface area (Å²) in [6.45, 7) is -0.198. The van der Waals surface area contributed by atoms with Gasteiger partial charge in [0.15, 0.2) is 6.17 Å². The standard InChI is InChI=1S/C18H19N3O7S/c1-27-12-2-4-13(5-3-12)28-14-6-8-15(9-7-14)29(25,26)21-11-10-16(22)19-17(21)18(23)20-24/h2-9,17,24H,10-11H2,1H3,(H,19,22)(H,20,23)/t17-/m1/s1. The van der Waals surface area contributed by atoms with Crippen molar-refractivity contribution < 1.29 is 32.7 Å². The summed E-state index contributed by atoms with van der Waals surface area (Å²) in [6.07, 6.45) is -1.64. The van der Waals surface area contributed by atoms with Crippen molar-refractivity contribution in [3.63, 3.8) is 0 Å². The summed E-state index contributed by atoms with van der Waals surface area (Å²) in [7, 11) is -2.56. The zero-order valence-electron chi connectivity index (χ0n) is 15.4. The van der Waals surface area contributed by atoms with Crippen LogP contribution in [-0.4, -0.2) is 49.6 Å². The first-order chi connectivity index (χ1) is 13.8. The lowest BCUT2D eigenvalue weighted by molar-refractivity contribution is -0.140. The van der Waals surface area contributed by atoms with E-state index in [4.69, 9.17) is 14.7 Å². The Labute approximate surface area is 167 Å². The Hall–Kier alpha value is -3.15. The van der Waals surface area contributed by atoms with E-state index in [0.29, 0.717) is 17.2 Å². The van der Waals surface area contributed by atoms with Crippen LogP contribution in [0.15, 0.2) is 53.4 Å². The van der Waals surface area contributed by atoms with Crippen LogP contribution in [0.3, 0.4) is 0 Å². The van der Waals surface area contributed by atoms with E-state index in [9.17, 15) is 18.0 Å². The normalized spacial score (nSPS) is 17.3. The van der Waals surface area contributed by atoms with E-state index in [-0.39, 0.29) is 17.9 Å². The monoisotopic (exact) mass is 421 g/mol. The highest BCUT2D eigenvalue weighted by molar-refractivity contribution is 7.89. The van der Waals surface area contributed by atoms with Gasteiger partial charge in [0.25, 0.3) is 5.91 Å². The number of methoxy groups -OCH3 is 1. The molecule has 1 atom stereocenters. The van der Waals surface area contributed by atoms with Crippen LogP contribution in [-0.2, 0) is 19.6 Å². The zero-order chi connectivity index (χ0) is 21.0. The van der Waals surface area contributed by atoms with Gasteiger partial charge < -0.3 is 14.8 Å². The average molecular weight is 421 g/mol.